The highest BCUT2D eigenvalue weighted by Crippen LogP contribution is 2.08. The molecule has 1 aromatic carbocycles. The van der Waals surface area contributed by atoms with E-state index in [2.05, 4.69) is 0 Å². The molecule has 0 bridgehead atoms. The normalized spacial score (nSPS) is 13.9. The number of carbonyl (C=O) groups is 2. The van der Waals surface area contributed by atoms with Crippen molar-refractivity contribution in [3.8, 4) is 0 Å². The average Bonchev–Trinajstić information content (AvgIpc) is 2.50. The molecule has 1 rings (SSSR count). The van der Waals surface area contributed by atoms with Gasteiger partial charge in [-0.3, -0.25) is 4.79 Å². The number of benzene rings is 1. The summed E-state index contributed by atoms with van der Waals surface area (Å²) in [5, 5.41) is 9.75. The number of aliphatic hydroxyl groups is 1. The van der Waals surface area contributed by atoms with E-state index in [1.54, 1.807) is 44.2 Å². The molecule has 0 fully saturated rings. The number of ketones is 1. The largest absolute Gasteiger partial charge is 0.458 e. The molecule has 0 amide bonds. The molecule has 1 aromatic rings. The molecule has 4 nitrogen and oxygen atoms in total. The van der Waals surface area contributed by atoms with Crippen molar-refractivity contribution < 1.29 is 19.4 Å². The number of aliphatic hydroxyl groups excluding tert-OH is 1. The first-order valence-corrected chi connectivity index (χ1v) is 6.65. The fourth-order valence-corrected chi connectivity index (χ4v) is 1.66. The van der Waals surface area contributed by atoms with Gasteiger partial charge >= 0.3 is 5.97 Å². The summed E-state index contributed by atoms with van der Waals surface area (Å²) in [6, 6.07) is 8.67. The van der Waals surface area contributed by atoms with E-state index in [1.165, 1.54) is 6.08 Å². The lowest BCUT2D eigenvalue weighted by molar-refractivity contribution is -0.124. The number of hydrogen-bond acceptors (Lipinski definition) is 4. The molecular formula is C16H20O4. The van der Waals surface area contributed by atoms with Crippen molar-refractivity contribution >= 4 is 11.8 Å². The Bertz CT molecular complexity index is 465. The number of esters is 1. The zero-order chi connectivity index (χ0) is 15.0. The number of Topliss-reactive ketones (excluding diaryl/α,β-unsaturated/α-hetero) is 1. The minimum absolute atomic E-state index is 0.00318. The molecular weight excluding hydrogens is 256 g/mol. The van der Waals surface area contributed by atoms with Crippen LogP contribution >= 0.6 is 0 Å². The quantitative estimate of drug-likeness (QED) is 0.613. The third-order valence-electron chi connectivity index (χ3n) is 3.02. The second-order valence-electron chi connectivity index (χ2n) is 4.49. The van der Waals surface area contributed by atoms with Crippen LogP contribution in [-0.2, 0) is 9.53 Å². The summed E-state index contributed by atoms with van der Waals surface area (Å²) >= 11 is 0. The minimum atomic E-state index is -0.849. The van der Waals surface area contributed by atoms with Gasteiger partial charge in [-0.15, -0.1) is 0 Å². The van der Waals surface area contributed by atoms with E-state index in [9.17, 15) is 14.7 Å². The summed E-state index contributed by atoms with van der Waals surface area (Å²) in [4.78, 5) is 23.0. The molecule has 0 saturated carbocycles. The van der Waals surface area contributed by atoms with Crippen molar-refractivity contribution in [1.82, 2.24) is 0 Å². The van der Waals surface area contributed by atoms with Crippen molar-refractivity contribution in [2.75, 3.05) is 6.61 Å². The Morgan fingerprint density at radius 2 is 1.95 bits per heavy atom. The van der Waals surface area contributed by atoms with Crippen LogP contribution in [-0.4, -0.2) is 29.6 Å². The predicted molar refractivity (Wildman–Crippen MR) is 76.3 cm³/mol. The van der Waals surface area contributed by atoms with Gasteiger partial charge in [0.05, 0.1) is 11.7 Å². The van der Waals surface area contributed by atoms with E-state index in [0.717, 1.165) is 0 Å². The zero-order valence-electron chi connectivity index (χ0n) is 11.8. The maximum Gasteiger partial charge on any atom is 0.338 e. The van der Waals surface area contributed by atoms with Gasteiger partial charge in [-0.05, 0) is 18.2 Å². The molecule has 108 valence electrons. The Hall–Kier alpha value is -1.94. The lowest BCUT2D eigenvalue weighted by atomic mass is 9.98. The highest BCUT2D eigenvalue weighted by Gasteiger charge is 2.17. The summed E-state index contributed by atoms with van der Waals surface area (Å²) in [6.07, 6.45) is 2.58. The zero-order valence-corrected chi connectivity index (χ0v) is 11.8. The summed E-state index contributed by atoms with van der Waals surface area (Å²) in [6.45, 7) is 3.51. The molecule has 2 atom stereocenters. The summed E-state index contributed by atoms with van der Waals surface area (Å²) in [5.74, 6) is -0.855. The second-order valence-corrected chi connectivity index (χ2v) is 4.49. The van der Waals surface area contributed by atoms with Gasteiger partial charge in [-0.25, -0.2) is 4.79 Å². The van der Waals surface area contributed by atoms with E-state index >= 15 is 0 Å². The Morgan fingerprint density at radius 3 is 2.55 bits per heavy atom. The van der Waals surface area contributed by atoms with Crippen LogP contribution in [0, 0.1) is 5.92 Å². The van der Waals surface area contributed by atoms with Gasteiger partial charge in [0.2, 0.25) is 0 Å². The third kappa shape index (κ3) is 4.97. The highest BCUT2D eigenvalue weighted by molar-refractivity contribution is 5.89. The van der Waals surface area contributed by atoms with Crippen molar-refractivity contribution in [2.45, 2.75) is 26.4 Å². The second kappa shape index (κ2) is 8.27. The lowest BCUT2D eigenvalue weighted by Crippen LogP contribution is -2.23. The molecule has 0 aliphatic heterocycles. The van der Waals surface area contributed by atoms with Gasteiger partial charge in [-0.1, -0.05) is 38.1 Å². The Morgan fingerprint density at radius 1 is 1.30 bits per heavy atom. The van der Waals surface area contributed by atoms with E-state index < -0.39 is 18.0 Å². The first-order valence-electron chi connectivity index (χ1n) is 6.65. The van der Waals surface area contributed by atoms with Crippen molar-refractivity contribution in [3.05, 3.63) is 48.0 Å². The SMILES string of the molecule is CCC(=O)[C@H](C)[C@@H](O)/C=C/COC(=O)c1ccccc1. The van der Waals surface area contributed by atoms with Crippen LogP contribution < -0.4 is 0 Å². The van der Waals surface area contributed by atoms with Gasteiger partial charge in [0.15, 0.2) is 0 Å². The van der Waals surface area contributed by atoms with Gasteiger partial charge in [0, 0.05) is 12.3 Å². The number of hydrogen-bond donors (Lipinski definition) is 1. The van der Waals surface area contributed by atoms with Crippen LogP contribution in [0.25, 0.3) is 0 Å². The molecule has 1 N–H and O–H groups in total. The molecule has 0 aromatic heterocycles. The van der Waals surface area contributed by atoms with Gasteiger partial charge in [-0.2, -0.15) is 0 Å². The van der Waals surface area contributed by atoms with Crippen LogP contribution in [0.15, 0.2) is 42.5 Å². The molecule has 0 radical (unpaired) electrons. The average molecular weight is 276 g/mol. The van der Waals surface area contributed by atoms with Crippen LogP contribution in [0.2, 0.25) is 0 Å². The maximum atomic E-state index is 11.6. The monoisotopic (exact) mass is 276 g/mol. The van der Waals surface area contributed by atoms with Gasteiger partial charge in [0.25, 0.3) is 0 Å². The van der Waals surface area contributed by atoms with Crippen LogP contribution in [0.5, 0.6) is 0 Å². The van der Waals surface area contributed by atoms with Gasteiger partial charge in [0.1, 0.15) is 12.4 Å². The third-order valence-corrected chi connectivity index (χ3v) is 3.02. The minimum Gasteiger partial charge on any atom is -0.458 e. The number of ether oxygens (including phenoxy) is 1. The summed E-state index contributed by atoms with van der Waals surface area (Å²) in [5.41, 5.74) is 0.482. The van der Waals surface area contributed by atoms with E-state index in [1.807, 2.05) is 6.07 Å². The Kier molecular flexibility index (Phi) is 6.67. The lowest BCUT2D eigenvalue weighted by Gasteiger charge is -2.13. The van der Waals surface area contributed by atoms with E-state index in [0.29, 0.717) is 12.0 Å². The van der Waals surface area contributed by atoms with Crippen molar-refractivity contribution in [1.29, 1.82) is 0 Å². The molecule has 0 aliphatic carbocycles. The first kappa shape index (κ1) is 16.1. The molecule has 0 spiro atoms. The molecule has 0 heterocycles. The first-order chi connectivity index (χ1) is 9.56. The molecule has 4 heteroatoms. The fourth-order valence-electron chi connectivity index (χ4n) is 1.66. The summed E-state index contributed by atoms with van der Waals surface area (Å²) < 4.78 is 5.02. The molecule has 0 aliphatic rings. The number of rotatable bonds is 7. The topological polar surface area (TPSA) is 63.6 Å². The predicted octanol–water partition coefficient (Wildman–Crippen LogP) is 2.38. The smallest absolute Gasteiger partial charge is 0.338 e. The van der Waals surface area contributed by atoms with Crippen LogP contribution in [0.4, 0.5) is 0 Å². The highest BCUT2D eigenvalue weighted by atomic mass is 16.5. The Balaban J connectivity index is 2.38. The van der Waals surface area contributed by atoms with E-state index in [4.69, 9.17) is 4.74 Å². The Labute approximate surface area is 119 Å². The van der Waals surface area contributed by atoms with Gasteiger partial charge < -0.3 is 9.84 Å². The van der Waals surface area contributed by atoms with Crippen molar-refractivity contribution in [2.24, 2.45) is 5.92 Å². The molecule has 0 saturated heterocycles. The molecule has 0 unspecified atom stereocenters. The van der Waals surface area contributed by atoms with Crippen LogP contribution in [0.1, 0.15) is 30.6 Å². The molecule has 20 heavy (non-hydrogen) atoms. The number of carbonyl (C=O) groups excluding carboxylic acids is 2. The standard InChI is InChI=1S/C16H20O4/c1-3-14(17)12(2)15(18)10-7-11-20-16(19)13-8-5-4-6-9-13/h4-10,12,15,18H,3,11H2,1-2H3/b10-7+/t12-,15-/m0/s1. The van der Waals surface area contributed by atoms with Crippen LogP contribution in [0.3, 0.4) is 0 Å². The van der Waals surface area contributed by atoms with Crippen molar-refractivity contribution in [3.63, 3.8) is 0 Å². The fraction of sp³-hybridized carbons (Fsp3) is 0.375. The van der Waals surface area contributed by atoms with E-state index in [-0.39, 0.29) is 12.4 Å². The maximum absolute atomic E-state index is 11.6. The summed E-state index contributed by atoms with van der Waals surface area (Å²) in [7, 11) is 0.